The Hall–Kier alpha value is -8.19. The standard InChI is InChI=1S/C57H35N5S/c1-3-17-36(18-4-1)55-58-56(37-19-5-2-6-20-37)60-57(59-55)45-32-31-38(61-49-26-12-7-21-40(49)41-22-8-13-27-50(41)61)33-46(45)48-35-39(34-47-44-25-11-16-30-53(44)63-54(47)48)62-51-28-14-9-23-42(51)43-24-10-15-29-52(43)62/h1-35H. The van der Waals surface area contributed by atoms with Gasteiger partial charge in [0.15, 0.2) is 17.5 Å². The molecular formula is C57H35N5S. The van der Waals surface area contributed by atoms with E-state index < -0.39 is 0 Å². The number of nitrogens with zero attached hydrogens (tertiary/aromatic N) is 5. The Morgan fingerprint density at radius 3 is 1.27 bits per heavy atom. The third-order valence-corrected chi connectivity index (χ3v) is 13.6. The van der Waals surface area contributed by atoms with E-state index in [1.807, 2.05) is 47.7 Å². The number of thiophene rings is 1. The molecule has 13 rings (SSSR count). The molecule has 0 radical (unpaired) electrons. The first-order chi connectivity index (χ1) is 31.2. The highest BCUT2D eigenvalue weighted by molar-refractivity contribution is 7.26. The lowest BCUT2D eigenvalue weighted by molar-refractivity contribution is 1.07. The lowest BCUT2D eigenvalue weighted by atomic mass is 9.95. The third-order valence-electron chi connectivity index (χ3n) is 12.4. The van der Waals surface area contributed by atoms with Gasteiger partial charge in [0.2, 0.25) is 0 Å². The number of rotatable bonds is 6. The molecule has 9 aromatic carbocycles. The predicted molar refractivity (Wildman–Crippen MR) is 263 cm³/mol. The van der Waals surface area contributed by atoms with Gasteiger partial charge in [-0.2, -0.15) is 0 Å². The van der Waals surface area contributed by atoms with Gasteiger partial charge in [-0.05, 0) is 66.2 Å². The van der Waals surface area contributed by atoms with Crippen LogP contribution in [-0.2, 0) is 0 Å². The van der Waals surface area contributed by atoms with Gasteiger partial charge in [-0.15, -0.1) is 11.3 Å². The summed E-state index contributed by atoms with van der Waals surface area (Å²) >= 11 is 1.84. The van der Waals surface area contributed by atoms with Crippen molar-refractivity contribution in [3.05, 3.63) is 212 Å². The highest BCUT2D eigenvalue weighted by Crippen LogP contribution is 2.46. The molecule has 63 heavy (non-hydrogen) atoms. The second-order valence-electron chi connectivity index (χ2n) is 16.0. The smallest absolute Gasteiger partial charge is 0.164 e. The van der Waals surface area contributed by atoms with Gasteiger partial charge in [0.05, 0.1) is 22.1 Å². The molecule has 6 heteroatoms. The minimum Gasteiger partial charge on any atom is -0.309 e. The van der Waals surface area contributed by atoms with E-state index in [2.05, 4.69) is 185 Å². The highest BCUT2D eigenvalue weighted by Gasteiger charge is 2.23. The molecule has 0 unspecified atom stereocenters. The van der Waals surface area contributed by atoms with Gasteiger partial charge in [-0.1, -0.05) is 152 Å². The van der Waals surface area contributed by atoms with Crippen LogP contribution < -0.4 is 0 Å². The van der Waals surface area contributed by atoms with E-state index in [-0.39, 0.29) is 0 Å². The fraction of sp³-hybridized carbons (Fsp3) is 0. The molecular weight excluding hydrogens is 787 g/mol. The van der Waals surface area contributed by atoms with Gasteiger partial charge in [0, 0.05) is 75.3 Å². The Balaban J connectivity index is 1.16. The Morgan fingerprint density at radius 1 is 0.302 bits per heavy atom. The molecule has 0 spiro atoms. The molecule has 0 amide bonds. The first-order valence-corrected chi connectivity index (χ1v) is 22.0. The van der Waals surface area contributed by atoms with Crippen LogP contribution in [0.3, 0.4) is 0 Å². The van der Waals surface area contributed by atoms with Crippen LogP contribution in [0.4, 0.5) is 0 Å². The van der Waals surface area contributed by atoms with Gasteiger partial charge in [0.25, 0.3) is 0 Å². The zero-order valence-electron chi connectivity index (χ0n) is 33.9. The Kier molecular flexibility index (Phi) is 8.01. The van der Waals surface area contributed by atoms with E-state index in [0.717, 1.165) is 50.2 Å². The van der Waals surface area contributed by atoms with Crippen LogP contribution in [0.2, 0.25) is 0 Å². The molecule has 0 bridgehead atoms. The van der Waals surface area contributed by atoms with Crippen molar-refractivity contribution >= 4 is 75.1 Å². The van der Waals surface area contributed by atoms with Crippen molar-refractivity contribution in [3.8, 4) is 56.7 Å². The van der Waals surface area contributed by atoms with E-state index in [4.69, 9.17) is 15.0 Å². The van der Waals surface area contributed by atoms with Crippen molar-refractivity contribution in [2.75, 3.05) is 0 Å². The first kappa shape index (κ1) is 35.6. The van der Waals surface area contributed by atoms with E-state index in [1.165, 1.54) is 52.8 Å². The number of hydrogen-bond acceptors (Lipinski definition) is 4. The lowest BCUT2D eigenvalue weighted by Gasteiger charge is -2.17. The minimum absolute atomic E-state index is 0.614. The summed E-state index contributed by atoms with van der Waals surface area (Å²) in [6.07, 6.45) is 0. The summed E-state index contributed by atoms with van der Waals surface area (Å²) in [4.78, 5) is 15.7. The van der Waals surface area contributed by atoms with Crippen LogP contribution in [0.1, 0.15) is 0 Å². The predicted octanol–water partition coefficient (Wildman–Crippen LogP) is 15.1. The van der Waals surface area contributed by atoms with Crippen molar-refractivity contribution in [2.45, 2.75) is 0 Å². The fourth-order valence-corrected chi connectivity index (χ4v) is 10.8. The van der Waals surface area contributed by atoms with Crippen molar-refractivity contribution < 1.29 is 0 Å². The zero-order chi connectivity index (χ0) is 41.4. The van der Waals surface area contributed by atoms with E-state index >= 15 is 0 Å². The summed E-state index contributed by atoms with van der Waals surface area (Å²) in [6, 6.07) is 75.7. The summed E-state index contributed by atoms with van der Waals surface area (Å²) in [5.41, 5.74) is 11.7. The topological polar surface area (TPSA) is 48.5 Å². The maximum absolute atomic E-state index is 5.32. The minimum atomic E-state index is 0.614. The number of fused-ring (bicyclic) bond motifs is 9. The Labute approximate surface area is 366 Å². The highest BCUT2D eigenvalue weighted by atomic mass is 32.1. The van der Waals surface area contributed by atoms with Crippen LogP contribution in [0.25, 0.3) is 120 Å². The Bertz CT molecular complexity index is 3750. The first-order valence-electron chi connectivity index (χ1n) is 21.2. The van der Waals surface area contributed by atoms with Gasteiger partial charge in [-0.25, -0.2) is 15.0 Å². The molecule has 13 aromatic rings. The second-order valence-corrected chi connectivity index (χ2v) is 17.0. The van der Waals surface area contributed by atoms with E-state index in [9.17, 15) is 0 Å². The number of hydrogen-bond donors (Lipinski definition) is 0. The van der Waals surface area contributed by atoms with Gasteiger partial charge >= 0.3 is 0 Å². The van der Waals surface area contributed by atoms with Gasteiger partial charge in [-0.3, -0.25) is 0 Å². The molecule has 0 saturated heterocycles. The largest absolute Gasteiger partial charge is 0.309 e. The van der Waals surface area contributed by atoms with Gasteiger partial charge < -0.3 is 9.13 Å². The van der Waals surface area contributed by atoms with Crippen molar-refractivity contribution in [2.24, 2.45) is 0 Å². The maximum Gasteiger partial charge on any atom is 0.164 e. The molecule has 0 aliphatic rings. The molecule has 0 N–H and O–H groups in total. The van der Waals surface area contributed by atoms with Crippen molar-refractivity contribution in [3.63, 3.8) is 0 Å². The summed E-state index contributed by atoms with van der Waals surface area (Å²) in [7, 11) is 0. The molecule has 294 valence electrons. The molecule has 4 aromatic heterocycles. The summed E-state index contributed by atoms with van der Waals surface area (Å²) < 4.78 is 7.28. The summed E-state index contributed by atoms with van der Waals surface area (Å²) in [6.45, 7) is 0. The lowest BCUT2D eigenvalue weighted by Crippen LogP contribution is -2.02. The van der Waals surface area contributed by atoms with E-state index in [1.54, 1.807) is 0 Å². The monoisotopic (exact) mass is 821 g/mol. The number of benzene rings is 9. The molecule has 0 fully saturated rings. The van der Waals surface area contributed by atoms with Gasteiger partial charge in [0.1, 0.15) is 0 Å². The van der Waals surface area contributed by atoms with Crippen LogP contribution in [0.5, 0.6) is 0 Å². The molecule has 0 saturated carbocycles. The average Bonchev–Trinajstić information content (AvgIpc) is 4.02. The summed E-state index contributed by atoms with van der Waals surface area (Å²) in [5.74, 6) is 1.87. The number of para-hydroxylation sites is 4. The SMILES string of the molecule is c1ccc(-c2nc(-c3ccccc3)nc(-c3ccc(-n4c5ccccc5c5ccccc54)cc3-c3cc(-n4c5ccccc5c5ccccc54)cc4c3sc3ccccc34)n2)cc1. The van der Waals surface area contributed by atoms with Crippen LogP contribution in [0.15, 0.2) is 212 Å². The zero-order valence-corrected chi connectivity index (χ0v) is 34.7. The third kappa shape index (κ3) is 5.66. The number of aromatic nitrogens is 5. The maximum atomic E-state index is 5.32. The van der Waals surface area contributed by atoms with E-state index in [0.29, 0.717) is 17.5 Å². The molecule has 0 aliphatic carbocycles. The van der Waals surface area contributed by atoms with Crippen LogP contribution in [0, 0.1) is 0 Å². The Morgan fingerprint density at radius 2 is 0.730 bits per heavy atom. The summed E-state index contributed by atoms with van der Waals surface area (Å²) in [5, 5.41) is 7.34. The fourth-order valence-electron chi connectivity index (χ4n) is 9.56. The molecule has 0 aliphatic heterocycles. The van der Waals surface area contributed by atoms with Crippen molar-refractivity contribution in [1.82, 2.24) is 24.1 Å². The average molecular weight is 822 g/mol. The second kappa shape index (κ2) is 14.2. The van der Waals surface area contributed by atoms with Crippen LogP contribution >= 0.6 is 11.3 Å². The normalized spacial score (nSPS) is 11.8. The van der Waals surface area contributed by atoms with Crippen molar-refractivity contribution in [1.29, 1.82) is 0 Å². The quantitative estimate of drug-likeness (QED) is 0.168. The molecule has 5 nitrogen and oxygen atoms in total. The van der Waals surface area contributed by atoms with Crippen LogP contribution in [-0.4, -0.2) is 24.1 Å². The molecule has 4 heterocycles. The molecule has 0 atom stereocenters.